The summed E-state index contributed by atoms with van der Waals surface area (Å²) in [5.41, 5.74) is 1.45. The van der Waals surface area contributed by atoms with Gasteiger partial charge in [0.15, 0.2) is 0 Å². The molecule has 4 nitrogen and oxygen atoms in total. The second-order valence-corrected chi connectivity index (χ2v) is 4.07. The van der Waals surface area contributed by atoms with E-state index < -0.39 is 6.10 Å². The monoisotopic (exact) mass is 259 g/mol. The van der Waals surface area contributed by atoms with Gasteiger partial charge in [-0.2, -0.15) is 0 Å². The van der Waals surface area contributed by atoms with Crippen LogP contribution in [0.25, 0.3) is 0 Å². The first-order valence-electron chi connectivity index (χ1n) is 6.14. The summed E-state index contributed by atoms with van der Waals surface area (Å²) in [6.45, 7) is 2.52. The van der Waals surface area contributed by atoms with E-state index >= 15 is 0 Å². The molecule has 0 amide bonds. The Morgan fingerprint density at radius 1 is 1.16 bits per heavy atom. The molecule has 0 radical (unpaired) electrons. The molecule has 1 atom stereocenters. The lowest BCUT2D eigenvalue weighted by Gasteiger charge is -2.13. The van der Waals surface area contributed by atoms with Crippen molar-refractivity contribution in [1.82, 2.24) is 4.98 Å². The first kappa shape index (κ1) is 13.4. The molecule has 1 aromatic heterocycles. The van der Waals surface area contributed by atoms with Gasteiger partial charge in [0, 0.05) is 11.8 Å². The summed E-state index contributed by atoms with van der Waals surface area (Å²) in [5, 5.41) is 10.4. The van der Waals surface area contributed by atoms with Crippen molar-refractivity contribution in [3.8, 4) is 11.5 Å². The standard InChI is InChI=1S/C15H17NO3/c1-3-19-13-6-4-5-11(7-13)15(17)12-8-14(18-2)10-16-9-12/h4-10,15,17H,3H2,1-2H3. The van der Waals surface area contributed by atoms with Crippen molar-refractivity contribution in [3.05, 3.63) is 53.9 Å². The molecule has 0 spiro atoms. The molecule has 1 unspecified atom stereocenters. The molecule has 0 fully saturated rings. The van der Waals surface area contributed by atoms with Crippen LogP contribution in [0.4, 0.5) is 0 Å². The first-order chi connectivity index (χ1) is 9.24. The van der Waals surface area contributed by atoms with Crippen molar-refractivity contribution in [2.24, 2.45) is 0 Å². The maximum absolute atomic E-state index is 10.4. The number of benzene rings is 1. The number of aromatic nitrogens is 1. The minimum absolute atomic E-state index is 0.597. The van der Waals surface area contributed by atoms with Gasteiger partial charge in [0.05, 0.1) is 19.9 Å². The Morgan fingerprint density at radius 2 is 1.95 bits per heavy atom. The van der Waals surface area contributed by atoms with Gasteiger partial charge in [0.1, 0.15) is 17.6 Å². The topological polar surface area (TPSA) is 51.6 Å². The van der Waals surface area contributed by atoms with E-state index in [0.717, 1.165) is 11.3 Å². The minimum atomic E-state index is -0.747. The van der Waals surface area contributed by atoms with Crippen LogP contribution in [0.2, 0.25) is 0 Å². The zero-order valence-corrected chi connectivity index (χ0v) is 11.0. The van der Waals surface area contributed by atoms with Gasteiger partial charge >= 0.3 is 0 Å². The zero-order chi connectivity index (χ0) is 13.7. The van der Waals surface area contributed by atoms with Crippen LogP contribution in [-0.4, -0.2) is 23.8 Å². The van der Waals surface area contributed by atoms with Crippen molar-refractivity contribution < 1.29 is 14.6 Å². The number of ether oxygens (including phenoxy) is 2. The second kappa shape index (κ2) is 6.20. The normalized spacial score (nSPS) is 11.9. The average molecular weight is 259 g/mol. The molecule has 0 saturated carbocycles. The summed E-state index contributed by atoms with van der Waals surface area (Å²) in [6.07, 6.45) is 2.48. The predicted molar refractivity (Wildman–Crippen MR) is 72.5 cm³/mol. The second-order valence-electron chi connectivity index (χ2n) is 4.07. The number of nitrogens with zero attached hydrogens (tertiary/aromatic N) is 1. The molecule has 0 aliphatic carbocycles. The molecule has 0 saturated heterocycles. The quantitative estimate of drug-likeness (QED) is 0.896. The molecule has 19 heavy (non-hydrogen) atoms. The summed E-state index contributed by atoms with van der Waals surface area (Å²) in [4.78, 5) is 4.04. The third kappa shape index (κ3) is 3.23. The fourth-order valence-electron chi connectivity index (χ4n) is 1.83. The van der Waals surface area contributed by atoms with Gasteiger partial charge in [-0.3, -0.25) is 4.98 Å². The van der Waals surface area contributed by atoms with Crippen LogP contribution in [0, 0.1) is 0 Å². The van der Waals surface area contributed by atoms with E-state index in [-0.39, 0.29) is 0 Å². The lowest BCUT2D eigenvalue weighted by Crippen LogP contribution is -2.01. The Bertz CT molecular complexity index is 542. The van der Waals surface area contributed by atoms with E-state index in [1.54, 1.807) is 25.6 Å². The lowest BCUT2D eigenvalue weighted by atomic mass is 10.0. The number of aliphatic hydroxyl groups is 1. The molecule has 100 valence electrons. The van der Waals surface area contributed by atoms with E-state index in [1.165, 1.54) is 0 Å². The summed E-state index contributed by atoms with van der Waals surface area (Å²) in [7, 11) is 1.57. The van der Waals surface area contributed by atoms with Crippen molar-refractivity contribution in [2.45, 2.75) is 13.0 Å². The van der Waals surface area contributed by atoms with Gasteiger partial charge in [-0.05, 0) is 30.7 Å². The number of rotatable bonds is 5. The highest BCUT2D eigenvalue weighted by molar-refractivity contribution is 5.36. The molecule has 1 heterocycles. The number of hydrogen-bond donors (Lipinski definition) is 1. The largest absolute Gasteiger partial charge is 0.495 e. The van der Waals surface area contributed by atoms with E-state index in [9.17, 15) is 5.11 Å². The third-order valence-electron chi connectivity index (χ3n) is 2.77. The van der Waals surface area contributed by atoms with Gasteiger partial charge in [0.25, 0.3) is 0 Å². The Kier molecular flexibility index (Phi) is 4.36. The highest BCUT2D eigenvalue weighted by Gasteiger charge is 2.12. The Hall–Kier alpha value is -2.07. The van der Waals surface area contributed by atoms with Crippen LogP contribution < -0.4 is 9.47 Å². The fraction of sp³-hybridized carbons (Fsp3) is 0.267. The lowest BCUT2D eigenvalue weighted by molar-refractivity contribution is 0.218. The van der Waals surface area contributed by atoms with E-state index in [4.69, 9.17) is 9.47 Å². The minimum Gasteiger partial charge on any atom is -0.495 e. The SMILES string of the molecule is CCOc1cccc(C(O)c2cncc(OC)c2)c1. The van der Waals surface area contributed by atoms with E-state index in [2.05, 4.69) is 4.98 Å². The highest BCUT2D eigenvalue weighted by atomic mass is 16.5. The molecule has 2 rings (SSSR count). The molecule has 0 aliphatic rings. The van der Waals surface area contributed by atoms with Gasteiger partial charge in [0.2, 0.25) is 0 Å². The maximum Gasteiger partial charge on any atom is 0.137 e. The Morgan fingerprint density at radius 3 is 2.68 bits per heavy atom. The van der Waals surface area contributed by atoms with Gasteiger partial charge in [-0.25, -0.2) is 0 Å². The predicted octanol–water partition coefficient (Wildman–Crippen LogP) is 2.57. The van der Waals surface area contributed by atoms with Crippen molar-refractivity contribution in [2.75, 3.05) is 13.7 Å². The van der Waals surface area contributed by atoms with Crippen LogP contribution in [0.3, 0.4) is 0 Å². The molecule has 1 N–H and O–H groups in total. The van der Waals surface area contributed by atoms with E-state index in [1.807, 2.05) is 31.2 Å². The highest BCUT2D eigenvalue weighted by Crippen LogP contribution is 2.26. The number of aliphatic hydroxyl groups excluding tert-OH is 1. The van der Waals surface area contributed by atoms with Crippen molar-refractivity contribution >= 4 is 0 Å². The third-order valence-corrected chi connectivity index (χ3v) is 2.77. The van der Waals surface area contributed by atoms with Gasteiger partial charge in [-0.1, -0.05) is 12.1 Å². The summed E-state index contributed by atoms with van der Waals surface area (Å²) in [6, 6.07) is 9.17. The van der Waals surface area contributed by atoms with Crippen molar-refractivity contribution in [3.63, 3.8) is 0 Å². The molecular formula is C15H17NO3. The number of methoxy groups -OCH3 is 1. The Labute approximate surface area is 112 Å². The van der Waals surface area contributed by atoms with Crippen LogP contribution in [0.1, 0.15) is 24.2 Å². The van der Waals surface area contributed by atoms with Crippen molar-refractivity contribution in [1.29, 1.82) is 0 Å². The number of hydrogen-bond acceptors (Lipinski definition) is 4. The molecule has 0 aliphatic heterocycles. The van der Waals surface area contributed by atoms with Gasteiger partial charge in [-0.15, -0.1) is 0 Å². The smallest absolute Gasteiger partial charge is 0.137 e. The van der Waals surface area contributed by atoms with Gasteiger partial charge < -0.3 is 14.6 Å². The Balaban J connectivity index is 2.27. The maximum atomic E-state index is 10.4. The fourth-order valence-corrected chi connectivity index (χ4v) is 1.83. The molecule has 2 aromatic rings. The molecule has 4 heteroatoms. The number of pyridine rings is 1. The molecular weight excluding hydrogens is 242 g/mol. The summed E-state index contributed by atoms with van der Waals surface area (Å²) < 4.78 is 10.5. The van der Waals surface area contributed by atoms with Crippen LogP contribution in [0.5, 0.6) is 11.5 Å². The van der Waals surface area contributed by atoms with Crippen LogP contribution >= 0.6 is 0 Å². The molecule has 0 bridgehead atoms. The summed E-state index contributed by atoms with van der Waals surface area (Å²) in [5.74, 6) is 1.37. The van der Waals surface area contributed by atoms with Crippen LogP contribution in [0.15, 0.2) is 42.7 Å². The first-order valence-corrected chi connectivity index (χ1v) is 6.14. The summed E-state index contributed by atoms with van der Waals surface area (Å²) >= 11 is 0. The zero-order valence-electron chi connectivity index (χ0n) is 11.0. The molecule has 1 aromatic carbocycles. The van der Waals surface area contributed by atoms with Crippen LogP contribution in [-0.2, 0) is 0 Å². The van der Waals surface area contributed by atoms with E-state index in [0.29, 0.717) is 17.9 Å². The average Bonchev–Trinajstić information content (AvgIpc) is 2.47.